The molecule has 0 saturated heterocycles. The molecule has 0 atom stereocenters. The van der Waals surface area contributed by atoms with Crippen LogP contribution < -0.4 is 9.47 Å². The minimum absolute atomic E-state index is 0.925. The predicted octanol–water partition coefficient (Wildman–Crippen LogP) is 3.64. The highest BCUT2D eigenvalue weighted by Crippen LogP contribution is 2.29. The quantitative estimate of drug-likeness (QED) is 0.654. The monoisotopic (exact) mass is 221 g/mol. The van der Waals surface area contributed by atoms with E-state index in [0.717, 1.165) is 30.8 Å². The average Bonchev–Trinajstić information content (AvgIpc) is 2.34. The van der Waals surface area contributed by atoms with Crippen molar-refractivity contribution in [2.24, 2.45) is 0 Å². The Morgan fingerprint density at radius 3 is 2.12 bits per heavy atom. The first-order valence-electron chi connectivity index (χ1n) is 5.82. The molecule has 16 heavy (non-hydrogen) atoms. The molecule has 1 radical (unpaired) electrons. The SMILES string of the molecule is [CH2]CCCCCc1c(OC)cccc1OC. The van der Waals surface area contributed by atoms with Crippen molar-refractivity contribution in [3.05, 3.63) is 30.7 Å². The number of hydrogen-bond donors (Lipinski definition) is 0. The normalized spacial score (nSPS) is 10.2. The Hall–Kier alpha value is -1.18. The molecular weight excluding hydrogens is 200 g/mol. The van der Waals surface area contributed by atoms with Crippen LogP contribution in [0.3, 0.4) is 0 Å². The standard InChI is InChI=1S/C14H21O2/c1-4-5-6-7-9-12-13(15-2)10-8-11-14(12)16-3/h8,10-11H,1,4-7,9H2,2-3H3. The highest BCUT2D eigenvalue weighted by atomic mass is 16.5. The number of ether oxygens (including phenoxy) is 2. The Balaban J connectivity index is 2.67. The van der Waals surface area contributed by atoms with Crippen molar-refractivity contribution in [1.29, 1.82) is 0 Å². The zero-order valence-corrected chi connectivity index (χ0v) is 10.3. The summed E-state index contributed by atoms with van der Waals surface area (Å²) in [6.07, 6.45) is 5.59. The van der Waals surface area contributed by atoms with E-state index in [-0.39, 0.29) is 0 Å². The molecule has 0 saturated carbocycles. The minimum atomic E-state index is 0.925. The van der Waals surface area contributed by atoms with Crippen molar-refractivity contribution in [3.63, 3.8) is 0 Å². The van der Waals surface area contributed by atoms with Gasteiger partial charge < -0.3 is 9.47 Å². The molecule has 0 amide bonds. The summed E-state index contributed by atoms with van der Waals surface area (Å²) >= 11 is 0. The summed E-state index contributed by atoms with van der Waals surface area (Å²) in [7, 11) is 3.41. The van der Waals surface area contributed by atoms with Crippen LogP contribution in [0.25, 0.3) is 0 Å². The predicted molar refractivity (Wildman–Crippen MR) is 67.1 cm³/mol. The van der Waals surface area contributed by atoms with Crippen LogP contribution in [-0.4, -0.2) is 14.2 Å². The van der Waals surface area contributed by atoms with Gasteiger partial charge in [-0.3, -0.25) is 0 Å². The molecule has 0 aromatic heterocycles. The van der Waals surface area contributed by atoms with Gasteiger partial charge in [0, 0.05) is 5.56 Å². The van der Waals surface area contributed by atoms with Crippen LogP contribution in [0, 0.1) is 6.92 Å². The first kappa shape index (κ1) is 12.9. The Labute approximate surface area is 98.6 Å². The summed E-state index contributed by atoms with van der Waals surface area (Å²) in [5.74, 6) is 1.85. The van der Waals surface area contributed by atoms with E-state index in [9.17, 15) is 0 Å². The molecule has 1 aromatic carbocycles. The molecule has 2 nitrogen and oxygen atoms in total. The van der Waals surface area contributed by atoms with E-state index in [2.05, 4.69) is 6.92 Å². The van der Waals surface area contributed by atoms with E-state index in [4.69, 9.17) is 9.47 Å². The van der Waals surface area contributed by atoms with E-state index in [1.165, 1.54) is 18.4 Å². The van der Waals surface area contributed by atoms with Gasteiger partial charge in [0.05, 0.1) is 14.2 Å². The molecule has 0 aliphatic heterocycles. The van der Waals surface area contributed by atoms with E-state index in [0.29, 0.717) is 0 Å². The van der Waals surface area contributed by atoms with Gasteiger partial charge in [0.2, 0.25) is 0 Å². The maximum absolute atomic E-state index is 5.35. The lowest BCUT2D eigenvalue weighted by Gasteiger charge is -2.12. The van der Waals surface area contributed by atoms with Crippen molar-refractivity contribution in [3.8, 4) is 11.5 Å². The maximum atomic E-state index is 5.35. The fourth-order valence-corrected chi connectivity index (χ4v) is 1.83. The van der Waals surface area contributed by atoms with E-state index in [1.54, 1.807) is 14.2 Å². The van der Waals surface area contributed by atoms with Crippen LogP contribution in [0.5, 0.6) is 11.5 Å². The zero-order valence-electron chi connectivity index (χ0n) is 10.3. The van der Waals surface area contributed by atoms with Gasteiger partial charge in [-0.1, -0.05) is 32.3 Å². The lowest BCUT2D eigenvalue weighted by atomic mass is 10.0. The lowest BCUT2D eigenvalue weighted by molar-refractivity contribution is 0.384. The van der Waals surface area contributed by atoms with Crippen LogP contribution in [0.1, 0.15) is 31.2 Å². The second-order valence-electron chi connectivity index (χ2n) is 3.81. The van der Waals surface area contributed by atoms with Gasteiger partial charge in [0.1, 0.15) is 11.5 Å². The number of benzene rings is 1. The van der Waals surface area contributed by atoms with Gasteiger partial charge >= 0.3 is 0 Å². The molecule has 0 aliphatic carbocycles. The first-order chi connectivity index (χ1) is 7.83. The van der Waals surface area contributed by atoms with E-state index < -0.39 is 0 Å². The van der Waals surface area contributed by atoms with Crippen LogP contribution >= 0.6 is 0 Å². The summed E-state index contributed by atoms with van der Waals surface area (Å²) in [5, 5.41) is 0. The van der Waals surface area contributed by atoms with Crippen molar-refractivity contribution in [1.82, 2.24) is 0 Å². The van der Waals surface area contributed by atoms with Crippen LogP contribution in [-0.2, 0) is 6.42 Å². The van der Waals surface area contributed by atoms with Crippen molar-refractivity contribution in [2.45, 2.75) is 32.1 Å². The van der Waals surface area contributed by atoms with Gasteiger partial charge in [-0.25, -0.2) is 0 Å². The van der Waals surface area contributed by atoms with Gasteiger partial charge in [-0.05, 0) is 25.0 Å². The fourth-order valence-electron chi connectivity index (χ4n) is 1.83. The molecule has 1 aromatic rings. The third-order valence-electron chi connectivity index (χ3n) is 2.71. The third-order valence-corrected chi connectivity index (χ3v) is 2.71. The fraction of sp³-hybridized carbons (Fsp3) is 0.500. The molecule has 2 heteroatoms. The molecular formula is C14H21O2. The van der Waals surface area contributed by atoms with Gasteiger partial charge in [-0.2, -0.15) is 0 Å². The number of hydrogen-bond acceptors (Lipinski definition) is 2. The van der Waals surface area contributed by atoms with E-state index in [1.807, 2.05) is 18.2 Å². The molecule has 0 heterocycles. The smallest absolute Gasteiger partial charge is 0.125 e. The van der Waals surface area contributed by atoms with E-state index >= 15 is 0 Å². The lowest BCUT2D eigenvalue weighted by Crippen LogP contribution is -1.97. The largest absolute Gasteiger partial charge is 0.496 e. The second-order valence-corrected chi connectivity index (χ2v) is 3.81. The first-order valence-corrected chi connectivity index (χ1v) is 5.82. The summed E-state index contributed by atoms with van der Waals surface area (Å²) < 4.78 is 10.7. The molecule has 0 spiro atoms. The van der Waals surface area contributed by atoms with Crippen molar-refractivity contribution in [2.75, 3.05) is 14.2 Å². The Morgan fingerprint density at radius 1 is 1.00 bits per heavy atom. The summed E-state index contributed by atoms with van der Waals surface area (Å²) in [4.78, 5) is 0. The van der Waals surface area contributed by atoms with Crippen LogP contribution in [0.4, 0.5) is 0 Å². The van der Waals surface area contributed by atoms with Crippen LogP contribution in [0.15, 0.2) is 18.2 Å². The average molecular weight is 221 g/mol. The highest BCUT2D eigenvalue weighted by Gasteiger charge is 2.08. The molecule has 0 N–H and O–H groups in total. The van der Waals surface area contributed by atoms with Crippen molar-refractivity contribution < 1.29 is 9.47 Å². The molecule has 0 unspecified atom stereocenters. The molecule has 0 aliphatic rings. The highest BCUT2D eigenvalue weighted by molar-refractivity contribution is 5.44. The molecule has 1 rings (SSSR count). The van der Waals surface area contributed by atoms with Gasteiger partial charge in [0.25, 0.3) is 0 Å². The molecule has 0 bridgehead atoms. The topological polar surface area (TPSA) is 18.5 Å². The molecule has 0 fully saturated rings. The zero-order chi connectivity index (χ0) is 11.8. The Kier molecular flexibility index (Phi) is 5.76. The van der Waals surface area contributed by atoms with Crippen LogP contribution in [0.2, 0.25) is 0 Å². The summed E-state index contributed by atoms with van der Waals surface area (Å²) in [6.45, 7) is 3.85. The number of methoxy groups -OCH3 is 2. The van der Waals surface area contributed by atoms with Gasteiger partial charge in [0.15, 0.2) is 0 Å². The van der Waals surface area contributed by atoms with Gasteiger partial charge in [-0.15, -0.1) is 0 Å². The Morgan fingerprint density at radius 2 is 1.62 bits per heavy atom. The Bertz CT molecular complexity index is 285. The second kappa shape index (κ2) is 7.15. The third kappa shape index (κ3) is 3.44. The van der Waals surface area contributed by atoms with Crippen molar-refractivity contribution >= 4 is 0 Å². The number of unbranched alkanes of at least 4 members (excludes halogenated alkanes) is 3. The summed E-state index contributed by atoms with van der Waals surface area (Å²) in [6, 6.07) is 5.93. The minimum Gasteiger partial charge on any atom is -0.496 e. The summed E-state index contributed by atoms with van der Waals surface area (Å²) in [5.41, 5.74) is 1.18. The maximum Gasteiger partial charge on any atom is 0.125 e. The number of rotatable bonds is 7. The molecule has 89 valence electrons.